The maximum atomic E-state index is 11.6. The van der Waals surface area contributed by atoms with Crippen LogP contribution in [-0.4, -0.2) is 79.9 Å². The third-order valence-electron chi connectivity index (χ3n) is 4.20. The molecule has 144 valence electrons. The maximum absolute atomic E-state index is 11.6. The molecule has 2 aliphatic rings. The van der Waals surface area contributed by atoms with Gasteiger partial charge in [-0.3, -0.25) is 29.6 Å². The molecule has 2 saturated heterocycles. The minimum absolute atomic E-state index is 0. The molecule has 2 fully saturated rings. The number of hydrogen-bond acceptors (Lipinski definition) is 6. The van der Waals surface area contributed by atoms with E-state index >= 15 is 0 Å². The van der Waals surface area contributed by atoms with Gasteiger partial charge in [-0.1, -0.05) is 7.43 Å². The van der Waals surface area contributed by atoms with Gasteiger partial charge in [0.1, 0.15) is 24.5 Å². The second-order valence-corrected chi connectivity index (χ2v) is 6.35. The first kappa shape index (κ1) is 22.8. The molecule has 0 aliphatic carbocycles. The van der Waals surface area contributed by atoms with Crippen molar-refractivity contribution < 1.29 is 29.4 Å². The minimum Gasteiger partial charge on any atom is -0.376 e. The molecule has 0 bridgehead atoms. The summed E-state index contributed by atoms with van der Waals surface area (Å²) in [5.74, 6) is -0.634. The Labute approximate surface area is 147 Å². The van der Waals surface area contributed by atoms with Crippen molar-refractivity contribution in [2.45, 2.75) is 53.1 Å². The molecule has 0 aromatic carbocycles. The molecule has 0 atom stereocenters. The SMILES string of the molecule is C.CC1(C)C(=O)NC(=O)N1CO.CCN1C(=O)N(CO)C(C)(C)C1=O. The first-order chi connectivity index (χ1) is 11.0. The summed E-state index contributed by atoms with van der Waals surface area (Å²) in [6, 6.07) is -0.956. The molecule has 0 radical (unpaired) electrons. The number of hydrogen-bond donors (Lipinski definition) is 3. The Morgan fingerprint density at radius 1 is 0.920 bits per heavy atom. The number of imide groups is 2. The number of aliphatic hydroxyl groups is 2. The van der Waals surface area contributed by atoms with E-state index in [1.165, 1.54) is 0 Å². The van der Waals surface area contributed by atoms with Gasteiger partial charge in [-0.25, -0.2) is 9.59 Å². The van der Waals surface area contributed by atoms with Crippen LogP contribution in [0, 0.1) is 0 Å². The fraction of sp³-hybridized carbons (Fsp3) is 0.733. The quantitative estimate of drug-likeness (QED) is 0.603. The van der Waals surface area contributed by atoms with E-state index in [1.54, 1.807) is 34.6 Å². The standard InChI is InChI=1S/C8H14N2O3.C6H10N2O3.CH4/c1-4-9-6(12)8(2,3)10(5-11)7(9)13;1-6(2)4(10)7-5(11)8(6)3-9;/h11H,4-5H2,1-3H3;9H,3H2,1-2H3,(H,7,10,11);1H4. The van der Waals surface area contributed by atoms with Crippen molar-refractivity contribution in [3.63, 3.8) is 0 Å². The molecule has 2 heterocycles. The highest BCUT2D eigenvalue weighted by Crippen LogP contribution is 2.26. The molecule has 3 N–H and O–H groups in total. The number of carbonyl (C=O) groups excluding carboxylic acids is 4. The van der Waals surface area contributed by atoms with E-state index in [-0.39, 0.29) is 19.2 Å². The summed E-state index contributed by atoms with van der Waals surface area (Å²) in [6.45, 7) is 7.61. The topological polar surface area (TPSA) is 130 Å². The molecular weight excluding hydrogens is 332 g/mol. The largest absolute Gasteiger partial charge is 0.376 e. The fourth-order valence-corrected chi connectivity index (χ4v) is 2.37. The van der Waals surface area contributed by atoms with E-state index in [1.807, 2.05) is 0 Å². The molecule has 0 spiro atoms. The average molecular weight is 360 g/mol. The molecular formula is C15H28N4O6. The third-order valence-corrected chi connectivity index (χ3v) is 4.20. The van der Waals surface area contributed by atoms with Gasteiger partial charge >= 0.3 is 12.1 Å². The van der Waals surface area contributed by atoms with Crippen LogP contribution in [0.5, 0.6) is 0 Å². The number of nitrogens with one attached hydrogen (secondary N) is 1. The predicted molar refractivity (Wildman–Crippen MR) is 89.1 cm³/mol. The Bertz CT molecular complexity index is 560. The van der Waals surface area contributed by atoms with E-state index < -0.39 is 36.6 Å². The monoisotopic (exact) mass is 360 g/mol. The van der Waals surface area contributed by atoms with E-state index in [0.29, 0.717) is 6.54 Å². The molecule has 10 heteroatoms. The van der Waals surface area contributed by atoms with Gasteiger partial charge in [0, 0.05) is 6.54 Å². The summed E-state index contributed by atoms with van der Waals surface area (Å²) < 4.78 is 0. The molecule has 2 aliphatic heterocycles. The second-order valence-electron chi connectivity index (χ2n) is 6.35. The van der Waals surface area contributed by atoms with Gasteiger partial charge in [-0.2, -0.15) is 0 Å². The van der Waals surface area contributed by atoms with Crippen LogP contribution in [0.3, 0.4) is 0 Å². The lowest BCUT2D eigenvalue weighted by Crippen LogP contribution is -2.44. The van der Waals surface area contributed by atoms with Crippen molar-refractivity contribution >= 4 is 23.9 Å². The van der Waals surface area contributed by atoms with Crippen LogP contribution in [0.2, 0.25) is 0 Å². The van der Waals surface area contributed by atoms with Gasteiger partial charge in [0.05, 0.1) is 0 Å². The van der Waals surface area contributed by atoms with Crippen LogP contribution < -0.4 is 5.32 Å². The second kappa shape index (κ2) is 7.79. The zero-order chi connectivity index (χ0) is 18.9. The molecule has 0 aromatic rings. The Balaban J connectivity index is 0.000000449. The number of carbonyl (C=O) groups is 4. The van der Waals surface area contributed by atoms with Gasteiger partial charge in [-0.05, 0) is 34.6 Å². The summed E-state index contributed by atoms with van der Waals surface area (Å²) in [5.41, 5.74) is -1.84. The van der Waals surface area contributed by atoms with Crippen LogP contribution in [0.25, 0.3) is 0 Å². The van der Waals surface area contributed by atoms with Gasteiger partial charge in [0.25, 0.3) is 11.8 Å². The molecule has 0 aromatic heterocycles. The number of rotatable bonds is 3. The van der Waals surface area contributed by atoms with Crippen LogP contribution in [0.1, 0.15) is 42.0 Å². The van der Waals surface area contributed by atoms with Gasteiger partial charge in [0.15, 0.2) is 0 Å². The summed E-state index contributed by atoms with van der Waals surface area (Å²) in [5, 5.41) is 19.7. The summed E-state index contributed by atoms with van der Waals surface area (Å²) >= 11 is 0. The molecule has 0 saturated carbocycles. The Morgan fingerprint density at radius 2 is 1.40 bits per heavy atom. The van der Waals surface area contributed by atoms with Crippen molar-refractivity contribution in [3.8, 4) is 0 Å². The number of likely N-dealkylation sites (N-methyl/N-ethyl adjacent to an activating group) is 1. The fourth-order valence-electron chi connectivity index (χ4n) is 2.37. The molecule has 2 rings (SSSR count). The molecule has 10 nitrogen and oxygen atoms in total. The molecule has 0 unspecified atom stereocenters. The lowest BCUT2D eigenvalue weighted by Gasteiger charge is -2.24. The average Bonchev–Trinajstić information content (AvgIpc) is 2.77. The van der Waals surface area contributed by atoms with Crippen molar-refractivity contribution in [2.75, 3.05) is 20.0 Å². The number of aliphatic hydroxyl groups excluding tert-OH is 2. The predicted octanol–water partition coefficient (Wildman–Crippen LogP) is -0.0984. The van der Waals surface area contributed by atoms with Crippen molar-refractivity contribution in [1.82, 2.24) is 20.0 Å². The Kier molecular flexibility index (Phi) is 7.10. The van der Waals surface area contributed by atoms with E-state index in [9.17, 15) is 19.2 Å². The zero-order valence-corrected chi connectivity index (χ0v) is 14.5. The first-order valence-corrected chi connectivity index (χ1v) is 7.45. The van der Waals surface area contributed by atoms with Crippen LogP contribution in [-0.2, 0) is 9.59 Å². The zero-order valence-electron chi connectivity index (χ0n) is 14.5. The van der Waals surface area contributed by atoms with Gasteiger partial charge in [0.2, 0.25) is 0 Å². The first-order valence-electron chi connectivity index (χ1n) is 7.45. The van der Waals surface area contributed by atoms with Gasteiger partial charge < -0.3 is 10.2 Å². The van der Waals surface area contributed by atoms with Crippen LogP contribution in [0.15, 0.2) is 0 Å². The van der Waals surface area contributed by atoms with E-state index in [2.05, 4.69) is 5.32 Å². The summed E-state index contributed by atoms with van der Waals surface area (Å²) in [7, 11) is 0. The maximum Gasteiger partial charge on any atom is 0.329 e. The van der Waals surface area contributed by atoms with E-state index in [0.717, 1.165) is 14.7 Å². The molecule has 25 heavy (non-hydrogen) atoms. The Morgan fingerprint density at radius 3 is 1.60 bits per heavy atom. The van der Waals surface area contributed by atoms with Crippen LogP contribution >= 0.6 is 0 Å². The highest BCUT2D eigenvalue weighted by atomic mass is 16.3. The Hall–Kier alpha value is -2.20. The number of amides is 6. The highest BCUT2D eigenvalue weighted by molar-refractivity contribution is 6.07. The minimum atomic E-state index is -0.925. The lowest BCUT2D eigenvalue weighted by molar-refractivity contribution is -0.132. The van der Waals surface area contributed by atoms with E-state index in [4.69, 9.17) is 10.2 Å². The highest BCUT2D eigenvalue weighted by Gasteiger charge is 2.50. The molecule has 6 amide bonds. The van der Waals surface area contributed by atoms with Crippen molar-refractivity contribution in [1.29, 1.82) is 0 Å². The van der Waals surface area contributed by atoms with Crippen LogP contribution in [0.4, 0.5) is 9.59 Å². The summed E-state index contributed by atoms with van der Waals surface area (Å²) in [6.07, 6.45) is 0. The number of nitrogens with zero attached hydrogens (tertiary/aromatic N) is 3. The normalized spacial score (nSPS) is 21.0. The van der Waals surface area contributed by atoms with Gasteiger partial charge in [-0.15, -0.1) is 0 Å². The lowest BCUT2D eigenvalue weighted by atomic mass is 10.1. The summed E-state index contributed by atoms with van der Waals surface area (Å²) in [4.78, 5) is 48.3. The van der Waals surface area contributed by atoms with Crippen molar-refractivity contribution in [2.24, 2.45) is 0 Å². The third kappa shape index (κ3) is 3.74. The van der Waals surface area contributed by atoms with Crippen molar-refractivity contribution in [3.05, 3.63) is 0 Å². The smallest absolute Gasteiger partial charge is 0.329 e. The number of urea groups is 2.